The molecule has 2 fully saturated rings. The van der Waals surface area contributed by atoms with Gasteiger partial charge in [-0.1, -0.05) is 0 Å². The molecule has 0 bridgehead atoms. The molecule has 0 radical (unpaired) electrons. The Morgan fingerprint density at radius 3 is 2.15 bits per heavy atom. The minimum Gasteiger partial charge on any atom is -0.481 e. The zero-order valence-corrected chi connectivity index (χ0v) is 11.2. The summed E-state index contributed by atoms with van der Waals surface area (Å²) in [5, 5.41) is 18.2. The molecule has 112 valence electrons. The van der Waals surface area contributed by atoms with Gasteiger partial charge in [-0.15, -0.1) is 0 Å². The number of hydrogen-bond acceptors (Lipinski definition) is 4. The van der Waals surface area contributed by atoms with Crippen LogP contribution in [-0.4, -0.2) is 52.1 Å². The summed E-state index contributed by atoms with van der Waals surface area (Å²) in [4.78, 5) is 36.1. The lowest BCUT2D eigenvalue weighted by atomic mass is 9.85. The Balaban J connectivity index is 2.03. The molecule has 4 atom stereocenters. The first-order valence-electron chi connectivity index (χ1n) is 6.90. The van der Waals surface area contributed by atoms with Crippen LogP contribution in [0.5, 0.6) is 0 Å². The van der Waals surface area contributed by atoms with Crippen LogP contribution in [0.2, 0.25) is 0 Å². The third kappa shape index (κ3) is 2.92. The van der Waals surface area contributed by atoms with E-state index >= 15 is 0 Å². The lowest BCUT2D eigenvalue weighted by molar-refractivity contribution is -0.159. The van der Waals surface area contributed by atoms with E-state index in [-0.39, 0.29) is 30.8 Å². The molecule has 1 saturated heterocycles. The molecule has 1 heterocycles. The van der Waals surface area contributed by atoms with Crippen molar-refractivity contribution in [3.63, 3.8) is 0 Å². The number of rotatable bonds is 3. The Morgan fingerprint density at radius 1 is 1.00 bits per heavy atom. The van der Waals surface area contributed by atoms with Crippen molar-refractivity contribution in [2.45, 2.75) is 31.7 Å². The smallest absolute Gasteiger partial charge is 0.309 e. The fourth-order valence-electron chi connectivity index (χ4n) is 3.20. The third-order valence-electron chi connectivity index (χ3n) is 4.38. The molecular weight excluding hydrogens is 264 g/mol. The number of carboxylic acid groups (broad SMARTS) is 2. The Morgan fingerprint density at radius 2 is 1.65 bits per heavy atom. The van der Waals surface area contributed by atoms with Crippen LogP contribution in [-0.2, 0) is 14.4 Å². The lowest BCUT2D eigenvalue weighted by Crippen LogP contribution is -2.50. The fourth-order valence-corrected chi connectivity index (χ4v) is 3.20. The molecule has 2 aliphatic rings. The number of carboxylic acids is 2. The van der Waals surface area contributed by atoms with E-state index in [1.807, 2.05) is 0 Å². The maximum absolute atomic E-state index is 12.3. The van der Waals surface area contributed by atoms with Gasteiger partial charge >= 0.3 is 11.9 Å². The van der Waals surface area contributed by atoms with E-state index in [1.54, 1.807) is 0 Å². The van der Waals surface area contributed by atoms with Crippen LogP contribution < -0.4 is 5.73 Å². The molecule has 1 amide bonds. The SMILES string of the molecule is NC1CCC(C(=O)N2CCC(C(=O)O)C(C(=O)O)C2)C1. The van der Waals surface area contributed by atoms with E-state index < -0.39 is 23.8 Å². The molecular formula is C13H20N2O5. The van der Waals surface area contributed by atoms with E-state index in [9.17, 15) is 14.4 Å². The predicted molar refractivity (Wildman–Crippen MR) is 68.8 cm³/mol. The van der Waals surface area contributed by atoms with E-state index in [1.165, 1.54) is 4.90 Å². The average molecular weight is 284 g/mol. The minimum atomic E-state index is -1.15. The number of amides is 1. The minimum absolute atomic E-state index is 0.0170. The third-order valence-corrected chi connectivity index (χ3v) is 4.38. The fraction of sp³-hybridized carbons (Fsp3) is 0.769. The second-order valence-electron chi connectivity index (χ2n) is 5.73. The van der Waals surface area contributed by atoms with Crippen molar-refractivity contribution in [2.24, 2.45) is 23.5 Å². The normalized spacial score (nSPS) is 34.0. The van der Waals surface area contributed by atoms with Crippen LogP contribution >= 0.6 is 0 Å². The van der Waals surface area contributed by atoms with Gasteiger partial charge in [-0.2, -0.15) is 0 Å². The summed E-state index contributed by atoms with van der Waals surface area (Å²) >= 11 is 0. The second kappa shape index (κ2) is 5.78. The van der Waals surface area contributed by atoms with Crippen LogP contribution in [0.3, 0.4) is 0 Å². The van der Waals surface area contributed by atoms with E-state index in [0.29, 0.717) is 13.0 Å². The number of carbonyl (C=O) groups excluding carboxylic acids is 1. The Bertz CT molecular complexity index is 425. The van der Waals surface area contributed by atoms with Crippen molar-refractivity contribution in [1.82, 2.24) is 4.90 Å². The summed E-state index contributed by atoms with van der Waals surface area (Å²) in [5.74, 6) is -4.41. The summed E-state index contributed by atoms with van der Waals surface area (Å²) in [7, 11) is 0. The quantitative estimate of drug-likeness (QED) is 0.657. The van der Waals surface area contributed by atoms with Gasteiger partial charge < -0.3 is 20.8 Å². The molecule has 7 nitrogen and oxygen atoms in total. The summed E-state index contributed by atoms with van der Waals surface area (Å²) in [6.07, 6.45) is 2.37. The summed E-state index contributed by atoms with van der Waals surface area (Å²) < 4.78 is 0. The van der Waals surface area contributed by atoms with Crippen molar-refractivity contribution >= 4 is 17.8 Å². The number of likely N-dealkylation sites (tertiary alicyclic amines) is 1. The van der Waals surface area contributed by atoms with Gasteiger partial charge in [0.1, 0.15) is 0 Å². The molecule has 20 heavy (non-hydrogen) atoms. The van der Waals surface area contributed by atoms with Gasteiger partial charge in [0.15, 0.2) is 0 Å². The maximum atomic E-state index is 12.3. The number of piperidine rings is 1. The first-order chi connectivity index (χ1) is 9.40. The van der Waals surface area contributed by atoms with Gasteiger partial charge in [0.2, 0.25) is 5.91 Å². The molecule has 4 N–H and O–H groups in total. The van der Waals surface area contributed by atoms with Gasteiger partial charge in [-0.05, 0) is 25.7 Å². The number of nitrogens with zero attached hydrogens (tertiary/aromatic N) is 1. The monoisotopic (exact) mass is 284 g/mol. The molecule has 2 rings (SSSR count). The highest BCUT2D eigenvalue weighted by atomic mass is 16.4. The zero-order chi connectivity index (χ0) is 14.9. The zero-order valence-electron chi connectivity index (χ0n) is 11.2. The molecule has 0 aromatic heterocycles. The maximum Gasteiger partial charge on any atom is 0.309 e. The van der Waals surface area contributed by atoms with Gasteiger partial charge in [0, 0.05) is 25.0 Å². The first-order valence-corrected chi connectivity index (χ1v) is 6.90. The van der Waals surface area contributed by atoms with Gasteiger partial charge in [0.25, 0.3) is 0 Å². The average Bonchev–Trinajstić information content (AvgIpc) is 2.83. The summed E-state index contributed by atoms with van der Waals surface area (Å²) in [6, 6.07) is 0.0378. The Labute approximate surface area is 116 Å². The largest absolute Gasteiger partial charge is 0.481 e. The second-order valence-corrected chi connectivity index (χ2v) is 5.73. The van der Waals surface area contributed by atoms with Gasteiger partial charge in [0.05, 0.1) is 11.8 Å². The standard InChI is InChI=1S/C13H20N2O5/c14-8-2-1-7(5-8)11(16)15-4-3-9(12(17)18)10(6-15)13(19)20/h7-10H,1-6,14H2,(H,17,18)(H,19,20). The molecule has 1 saturated carbocycles. The van der Waals surface area contributed by atoms with Crippen molar-refractivity contribution in [3.8, 4) is 0 Å². The summed E-state index contributed by atoms with van der Waals surface area (Å²) in [5.41, 5.74) is 5.79. The number of aliphatic carboxylic acids is 2. The first kappa shape index (κ1) is 14.8. The van der Waals surface area contributed by atoms with Crippen LogP contribution in [0, 0.1) is 17.8 Å². The highest BCUT2D eigenvalue weighted by Gasteiger charge is 2.41. The van der Waals surface area contributed by atoms with Crippen LogP contribution in [0.15, 0.2) is 0 Å². The number of carbonyl (C=O) groups is 3. The van der Waals surface area contributed by atoms with Crippen LogP contribution in [0.25, 0.3) is 0 Å². The topological polar surface area (TPSA) is 121 Å². The molecule has 0 aromatic carbocycles. The molecule has 1 aliphatic carbocycles. The summed E-state index contributed by atoms with van der Waals surface area (Å²) in [6.45, 7) is 0.294. The van der Waals surface area contributed by atoms with Crippen LogP contribution in [0.1, 0.15) is 25.7 Å². The van der Waals surface area contributed by atoms with E-state index in [4.69, 9.17) is 15.9 Å². The highest BCUT2D eigenvalue weighted by molar-refractivity contribution is 5.83. The van der Waals surface area contributed by atoms with Gasteiger partial charge in [-0.25, -0.2) is 0 Å². The molecule has 4 unspecified atom stereocenters. The number of hydrogen-bond donors (Lipinski definition) is 3. The highest BCUT2D eigenvalue weighted by Crippen LogP contribution is 2.30. The van der Waals surface area contributed by atoms with Crippen LogP contribution in [0.4, 0.5) is 0 Å². The van der Waals surface area contributed by atoms with E-state index in [2.05, 4.69) is 0 Å². The predicted octanol–water partition coefficient (Wildman–Crippen LogP) is -0.252. The van der Waals surface area contributed by atoms with Crippen molar-refractivity contribution in [2.75, 3.05) is 13.1 Å². The molecule has 7 heteroatoms. The Kier molecular flexibility index (Phi) is 4.27. The van der Waals surface area contributed by atoms with Crippen molar-refractivity contribution < 1.29 is 24.6 Å². The molecule has 1 aliphatic heterocycles. The number of nitrogens with two attached hydrogens (primary N) is 1. The van der Waals surface area contributed by atoms with Crippen molar-refractivity contribution in [1.29, 1.82) is 0 Å². The van der Waals surface area contributed by atoms with Crippen molar-refractivity contribution in [3.05, 3.63) is 0 Å². The Hall–Kier alpha value is -1.63. The lowest BCUT2D eigenvalue weighted by Gasteiger charge is -2.35. The molecule has 0 aromatic rings. The van der Waals surface area contributed by atoms with Gasteiger partial charge in [-0.3, -0.25) is 14.4 Å². The molecule has 0 spiro atoms. The van der Waals surface area contributed by atoms with E-state index in [0.717, 1.165) is 12.8 Å².